The molecule has 0 radical (unpaired) electrons. The lowest BCUT2D eigenvalue weighted by Crippen LogP contribution is -2.54. The van der Waals surface area contributed by atoms with Crippen LogP contribution in [0.5, 0.6) is 0 Å². The van der Waals surface area contributed by atoms with Crippen LogP contribution < -0.4 is 0 Å². The van der Waals surface area contributed by atoms with Crippen LogP contribution in [0.3, 0.4) is 0 Å². The third-order valence-corrected chi connectivity index (χ3v) is 2.55. The van der Waals surface area contributed by atoms with Crippen LogP contribution in [-0.2, 0) is 4.74 Å². The van der Waals surface area contributed by atoms with Gasteiger partial charge in [-0.2, -0.15) is 4.79 Å². The number of nitrogens with zero attached hydrogens (tertiary/aromatic N) is 1. The second-order valence-electron chi connectivity index (χ2n) is 4.11. The normalized spacial score (nSPS) is 16.0. The first-order valence-electron chi connectivity index (χ1n) is 4.91. The van der Waals surface area contributed by atoms with Crippen molar-refractivity contribution in [1.82, 2.24) is 0 Å². The monoisotopic (exact) mass is 188 g/mol. The summed E-state index contributed by atoms with van der Waals surface area (Å²) < 4.78 is 5.55. The predicted molar refractivity (Wildman–Crippen MR) is 53.5 cm³/mol. The summed E-state index contributed by atoms with van der Waals surface area (Å²) in [7, 11) is 1.91. The number of quaternary nitrogens is 1. The Morgan fingerprint density at radius 2 is 1.77 bits per heavy atom. The molecule has 0 N–H and O–H groups in total. The van der Waals surface area contributed by atoms with E-state index < -0.39 is 0 Å². The smallest absolute Gasteiger partial charge is 0.417 e. The highest BCUT2D eigenvalue weighted by Crippen LogP contribution is 2.13. The third-order valence-electron chi connectivity index (χ3n) is 2.55. The summed E-state index contributed by atoms with van der Waals surface area (Å²) in [5.41, 5.74) is 0. The lowest BCUT2D eigenvalue weighted by Gasteiger charge is -2.33. The van der Waals surface area contributed by atoms with Gasteiger partial charge in [0.05, 0.1) is 19.6 Å². The van der Waals surface area contributed by atoms with Gasteiger partial charge in [0.1, 0.15) is 6.10 Å². The molecule has 0 heterocycles. The zero-order chi connectivity index (χ0) is 10.6. The third kappa shape index (κ3) is 2.99. The maximum absolute atomic E-state index is 11.7. The molecule has 0 saturated carbocycles. The minimum atomic E-state index is -0.132. The van der Waals surface area contributed by atoms with Crippen LogP contribution in [0.15, 0.2) is 0 Å². The van der Waals surface area contributed by atoms with Gasteiger partial charge in [0.2, 0.25) is 0 Å². The van der Waals surface area contributed by atoms with Crippen molar-refractivity contribution in [2.24, 2.45) is 0 Å². The van der Waals surface area contributed by atoms with E-state index in [-0.39, 0.29) is 18.2 Å². The van der Waals surface area contributed by atoms with Crippen LogP contribution in [0, 0.1) is 0 Å². The summed E-state index contributed by atoms with van der Waals surface area (Å²) in [5, 5.41) is 0. The molecular weight excluding hydrogens is 166 g/mol. The van der Waals surface area contributed by atoms with E-state index in [1.54, 1.807) is 0 Å². The van der Waals surface area contributed by atoms with Crippen molar-refractivity contribution in [1.29, 1.82) is 0 Å². The van der Waals surface area contributed by atoms with E-state index in [4.69, 9.17) is 4.74 Å². The standard InChI is InChI=1S/C10H22NO2/c1-7-11(6,8(2)3)10(12)13-9(4)5/h8-9H,7H2,1-6H3/q+1. The van der Waals surface area contributed by atoms with E-state index >= 15 is 0 Å². The number of hydrogen-bond donors (Lipinski definition) is 0. The lowest BCUT2D eigenvalue weighted by atomic mass is 10.3. The van der Waals surface area contributed by atoms with E-state index in [9.17, 15) is 4.79 Å². The van der Waals surface area contributed by atoms with Gasteiger partial charge < -0.3 is 4.74 Å². The first kappa shape index (κ1) is 12.4. The van der Waals surface area contributed by atoms with Gasteiger partial charge in [0.15, 0.2) is 0 Å². The Hall–Kier alpha value is -0.570. The molecule has 13 heavy (non-hydrogen) atoms. The van der Waals surface area contributed by atoms with E-state index in [1.807, 2.05) is 41.7 Å². The summed E-state index contributed by atoms with van der Waals surface area (Å²) in [4.78, 5) is 11.7. The Labute approximate surface area is 81.3 Å². The van der Waals surface area contributed by atoms with Gasteiger partial charge in [-0.25, -0.2) is 4.48 Å². The number of amides is 1. The highest BCUT2D eigenvalue weighted by molar-refractivity contribution is 5.59. The van der Waals surface area contributed by atoms with Crippen LogP contribution in [-0.4, -0.2) is 36.3 Å². The van der Waals surface area contributed by atoms with Crippen molar-refractivity contribution < 1.29 is 14.0 Å². The Morgan fingerprint density at radius 1 is 1.31 bits per heavy atom. The molecule has 0 aromatic heterocycles. The average Bonchev–Trinajstić information content (AvgIpc) is 2.01. The first-order chi connectivity index (χ1) is 5.84. The molecule has 1 atom stereocenters. The molecule has 3 nitrogen and oxygen atoms in total. The summed E-state index contributed by atoms with van der Waals surface area (Å²) in [5.74, 6) is 0. The van der Waals surface area contributed by atoms with Crippen LogP contribution in [0.25, 0.3) is 0 Å². The fourth-order valence-corrected chi connectivity index (χ4v) is 1.03. The molecule has 0 rings (SSSR count). The highest BCUT2D eigenvalue weighted by atomic mass is 16.6. The quantitative estimate of drug-likeness (QED) is 0.636. The summed E-state index contributed by atoms with van der Waals surface area (Å²) >= 11 is 0. The lowest BCUT2D eigenvalue weighted by molar-refractivity contribution is -0.858. The van der Waals surface area contributed by atoms with Gasteiger partial charge in [0, 0.05) is 0 Å². The SMILES string of the molecule is CC[N+](C)(C(=O)OC(C)C)C(C)C. The summed E-state index contributed by atoms with van der Waals surface area (Å²) in [6, 6.07) is 0.260. The van der Waals surface area contributed by atoms with E-state index in [0.717, 1.165) is 6.54 Å². The van der Waals surface area contributed by atoms with E-state index in [2.05, 4.69) is 0 Å². The molecule has 3 heteroatoms. The zero-order valence-electron chi connectivity index (χ0n) is 9.63. The number of rotatable bonds is 3. The van der Waals surface area contributed by atoms with Gasteiger partial charge in [0.25, 0.3) is 0 Å². The fraction of sp³-hybridized carbons (Fsp3) is 0.900. The van der Waals surface area contributed by atoms with Crippen LogP contribution in [0.2, 0.25) is 0 Å². The average molecular weight is 188 g/mol. The molecule has 0 aliphatic rings. The first-order valence-corrected chi connectivity index (χ1v) is 4.91. The van der Waals surface area contributed by atoms with Crippen molar-refractivity contribution in [3.63, 3.8) is 0 Å². The number of carbonyl (C=O) groups excluding carboxylic acids is 1. The Bertz CT molecular complexity index is 178. The van der Waals surface area contributed by atoms with Gasteiger partial charge in [-0.1, -0.05) is 0 Å². The van der Waals surface area contributed by atoms with Crippen LogP contribution >= 0.6 is 0 Å². The molecule has 0 saturated heterocycles. The Morgan fingerprint density at radius 3 is 2.00 bits per heavy atom. The summed E-state index contributed by atoms with van der Waals surface area (Å²) in [6.45, 7) is 10.6. The molecule has 1 unspecified atom stereocenters. The molecule has 0 aliphatic carbocycles. The molecule has 0 aliphatic heterocycles. The molecule has 0 aromatic rings. The van der Waals surface area contributed by atoms with Gasteiger partial charge >= 0.3 is 6.09 Å². The minimum Gasteiger partial charge on any atom is -0.417 e. The van der Waals surface area contributed by atoms with Gasteiger partial charge in [-0.05, 0) is 34.6 Å². The highest BCUT2D eigenvalue weighted by Gasteiger charge is 2.35. The number of hydrogen-bond acceptors (Lipinski definition) is 2. The van der Waals surface area contributed by atoms with E-state index in [0.29, 0.717) is 4.48 Å². The number of carbonyl (C=O) groups is 1. The van der Waals surface area contributed by atoms with Crippen LogP contribution in [0.4, 0.5) is 4.79 Å². The molecule has 78 valence electrons. The molecule has 0 spiro atoms. The van der Waals surface area contributed by atoms with Gasteiger partial charge in [-0.15, -0.1) is 0 Å². The predicted octanol–water partition coefficient (Wildman–Crippen LogP) is 2.41. The Kier molecular flexibility index (Phi) is 4.40. The maximum atomic E-state index is 11.7. The molecule has 1 amide bonds. The largest absolute Gasteiger partial charge is 0.516 e. The van der Waals surface area contributed by atoms with Crippen molar-refractivity contribution in [3.8, 4) is 0 Å². The Balaban J connectivity index is 4.48. The number of ether oxygens (including phenoxy) is 1. The molecule has 0 aromatic carbocycles. The van der Waals surface area contributed by atoms with Crippen molar-refractivity contribution >= 4 is 6.09 Å². The fourth-order valence-electron chi connectivity index (χ4n) is 1.03. The zero-order valence-corrected chi connectivity index (χ0v) is 9.63. The van der Waals surface area contributed by atoms with Crippen molar-refractivity contribution in [2.75, 3.05) is 13.6 Å². The van der Waals surface area contributed by atoms with Crippen molar-refractivity contribution in [2.45, 2.75) is 46.8 Å². The topological polar surface area (TPSA) is 26.3 Å². The summed E-state index contributed by atoms with van der Waals surface area (Å²) in [6.07, 6.45) is -0.164. The van der Waals surface area contributed by atoms with E-state index in [1.165, 1.54) is 0 Å². The maximum Gasteiger partial charge on any atom is 0.516 e. The molecule has 0 fully saturated rings. The second kappa shape index (κ2) is 4.61. The second-order valence-corrected chi connectivity index (χ2v) is 4.11. The van der Waals surface area contributed by atoms with Crippen LogP contribution in [0.1, 0.15) is 34.6 Å². The molecular formula is C10H22NO2+. The molecule has 0 bridgehead atoms. The minimum absolute atomic E-state index is 0.0322. The van der Waals surface area contributed by atoms with Crippen molar-refractivity contribution in [3.05, 3.63) is 0 Å². The van der Waals surface area contributed by atoms with Gasteiger partial charge in [-0.3, -0.25) is 0 Å².